The minimum absolute atomic E-state index is 0.00709. The maximum atomic E-state index is 11.3. The molecule has 0 saturated carbocycles. The largest absolute Gasteiger partial charge is 0.468 e. The van der Waals surface area contributed by atoms with Crippen molar-refractivity contribution in [1.29, 1.82) is 0 Å². The van der Waals surface area contributed by atoms with Crippen LogP contribution in [0.15, 0.2) is 17.4 Å². The van der Waals surface area contributed by atoms with Gasteiger partial charge in [0.05, 0.1) is 12.8 Å². The van der Waals surface area contributed by atoms with E-state index < -0.39 is 0 Å². The lowest BCUT2D eigenvalue weighted by molar-refractivity contribution is -0.141. The van der Waals surface area contributed by atoms with Crippen LogP contribution in [-0.2, 0) is 21.8 Å². The fraction of sp³-hybridized carbons (Fsp3) is 0.583. The van der Waals surface area contributed by atoms with Crippen molar-refractivity contribution in [3.63, 3.8) is 0 Å². The molecule has 0 aliphatic heterocycles. The zero-order chi connectivity index (χ0) is 15.2. The lowest BCUT2D eigenvalue weighted by atomic mass is 10.3. The van der Waals surface area contributed by atoms with Gasteiger partial charge < -0.3 is 4.74 Å². The van der Waals surface area contributed by atoms with Gasteiger partial charge in [-0.25, -0.2) is 4.68 Å². The highest BCUT2D eigenvalue weighted by Gasteiger charge is 2.12. The van der Waals surface area contributed by atoms with Crippen molar-refractivity contribution in [2.24, 2.45) is 0 Å². The number of tetrazole rings is 1. The van der Waals surface area contributed by atoms with Crippen molar-refractivity contribution in [1.82, 2.24) is 30.0 Å². The van der Waals surface area contributed by atoms with Crippen LogP contribution < -0.4 is 0 Å². The van der Waals surface area contributed by atoms with E-state index in [1.807, 2.05) is 16.9 Å². The molecule has 2 aromatic heterocycles. The fourth-order valence-electron chi connectivity index (χ4n) is 1.61. The van der Waals surface area contributed by atoms with Crippen LogP contribution in [0.25, 0.3) is 0 Å². The van der Waals surface area contributed by atoms with E-state index in [0.29, 0.717) is 17.0 Å². The molecule has 2 aromatic rings. The SMILES string of the molecule is CCC(C)n1ccc(CSc2nnnn2CC(=O)OC)n1. The van der Waals surface area contributed by atoms with E-state index in [0.717, 1.165) is 12.1 Å². The summed E-state index contributed by atoms with van der Waals surface area (Å²) in [5.41, 5.74) is 0.952. The molecule has 21 heavy (non-hydrogen) atoms. The normalized spacial score (nSPS) is 12.3. The zero-order valence-electron chi connectivity index (χ0n) is 12.3. The summed E-state index contributed by atoms with van der Waals surface area (Å²) in [4.78, 5) is 11.3. The van der Waals surface area contributed by atoms with Crippen molar-refractivity contribution < 1.29 is 9.53 Å². The van der Waals surface area contributed by atoms with Crippen molar-refractivity contribution in [3.8, 4) is 0 Å². The number of carbonyl (C=O) groups is 1. The molecule has 8 nitrogen and oxygen atoms in total. The van der Waals surface area contributed by atoms with Gasteiger partial charge in [-0.1, -0.05) is 18.7 Å². The van der Waals surface area contributed by atoms with Gasteiger partial charge in [0.2, 0.25) is 5.16 Å². The van der Waals surface area contributed by atoms with E-state index >= 15 is 0 Å². The Hall–Kier alpha value is -1.90. The molecule has 0 aliphatic carbocycles. The van der Waals surface area contributed by atoms with Gasteiger partial charge in [0.25, 0.3) is 0 Å². The highest BCUT2D eigenvalue weighted by molar-refractivity contribution is 7.98. The van der Waals surface area contributed by atoms with Crippen LogP contribution in [0.5, 0.6) is 0 Å². The Morgan fingerprint density at radius 3 is 3.05 bits per heavy atom. The van der Waals surface area contributed by atoms with Gasteiger partial charge in [-0.05, 0) is 29.8 Å². The van der Waals surface area contributed by atoms with Gasteiger partial charge >= 0.3 is 5.97 Å². The molecule has 0 fully saturated rings. The fourth-order valence-corrected chi connectivity index (χ4v) is 2.39. The molecule has 1 atom stereocenters. The van der Waals surface area contributed by atoms with Crippen LogP contribution in [0, 0.1) is 0 Å². The van der Waals surface area contributed by atoms with E-state index in [2.05, 4.69) is 39.2 Å². The Morgan fingerprint density at radius 1 is 1.52 bits per heavy atom. The predicted molar refractivity (Wildman–Crippen MR) is 76.6 cm³/mol. The molecule has 114 valence electrons. The average Bonchev–Trinajstić information content (AvgIpc) is 3.13. The molecular weight excluding hydrogens is 292 g/mol. The number of carbonyl (C=O) groups excluding carboxylic acids is 1. The Bertz CT molecular complexity index is 596. The lowest BCUT2D eigenvalue weighted by Crippen LogP contribution is -2.13. The third-order valence-electron chi connectivity index (χ3n) is 3.06. The number of methoxy groups -OCH3 is 1. The van der Waals surface area contributed by atoms with Gasteiger partial charge in [0, 0.05) is 18.0 Å². The highest BCUT2D eigenvalue weighted by Crippen LogP contribution is 2.19. The van der Waals surface area contributed by atoms with Crippen molar-refractivity contribution in [3.05, 3.63) is 18.0 Å². The molecule has 0 saturated heterocycles. The molecule has 0 aliphatic rings. The Labute approximate surface area is 126 Å². The van der Waals surface area contributed by atoms with Crippen LogP contribution in [-0.4, -0.2) is 43.1 Å². The van der Waals surface area contributed by atoms with Gasteiger partial charge in [-0.15, -0.1) is 5.10 Å². The van der Waals surface area contributed by atoms with E-state index in [1.54, 1.807) is 0 Å². The third-order valence-corrected chi connectivity index (χ3v) is 4.05. The first-order chi connectivity index (χ1) is 10.1. The van der Waals surface area contributed by atoms with Crippen LogP contribution in [0.2, 0.25) is 0 Å². The monoisotopic (exact) mass is 310 g/mol. The summed E-state index contributed by atoms with van der Waals surface area (Å²) in [6, 6.07) is 2.36. The summed E-state index contributed by atoms with van der Waals surface area (Å²) in [6.07, 6.45) is 3.01. The van der Waals surface area contributed by atoms with E-state index in [4.69, 9.17) is 0 Å². The molecule has 1 unspecified atom stereocenters. The smallest absolute Gasteiger partial charge is 0.327 e. The molecule has 0 N–H and O–H groups in total. The molecule has 0 spiro atoms. The summed E-state index contributed by atoms with van der Waals surface area (Å²) >= 11 is 1.44. The number of rotatable bonds is 7. The average molecular weight is 310 g/mol. The molecule has 0 aromatic carbocycles. The molecule has 0 radical (unpaired) electrons. The summed E-state index contributed by atoms with van der Waals surface area (Å²) in [5.74, 6) is 0.260. The molecule has 2 heterocycles. The second kappa shape index (κ2) is 7.21. The topological polar surface area (TPSA) is 87.7 Å². The highest BCUT2D eigenvalue weighted by atomic mass is 32.2. The molecular formula is C12H18N6O2S. The minimum atomic E-state index is -0.384. The Kier molecular flexibility index (Phi) is 5.32. The maximum absolute atomic E-state index is 11.3. The summed E-state index contributed by atoms with van der Waals surface area (Å²) in [6.45, 7) is 4.26. The number of hydrogen-bond donors (Lipinski definition) is 0. The summed E-state index contributed by atoms with van der Waals surface area (Å²) in [5, 5.41) is 16.3. The second-order valence-corrected chi connectivity index (χ2v) is 5.47. The van der Waals surface area contributed by atoms with Crippen LogP contribution in [0.1, 0.15) is 32.0 Å². The first kappa shape index (κ1) is 15.5. The third kappa shape index (κ3) is 4.03. The van der Waals surface area contributed by atoms with Gasteiger partial charge in [-0.3, -0.25) is 9.48 Å². The maximum Gasteiger partial charge on any atom is 0.327 e. The summed E-state index contributed by atoms with van der Waals surface area (Å²) < 4.78 is 7.97. The standard InChI is InChI=1S/C12H18N6O2S/c1-4-9(2)17-6-5-10(14-17)8-21-12-13-15-16-18(12)7-11(19)20-3/h5-6,9H,4,7-8H2,1-3H3. The molecule has 0 amide bonds. The van der Waals surface area contributed by atoms with Crippen LogP contribution in [0.4, 0.5) is 0 Å². The van der Waals surface area contributed by atoms with Gasteiger partial charge in [0.1, 0.15) is 6.54 Å². The van der Waals surface area contributed by atoms with Crippen molar-refractivity contribution in [2.75, 3.05) is 7.11 Å². The van der Waals surface area contributed by atoms with Gasteiger partial charge in [-0.2, -0.15) is 5.10 Å². The Balaban J connectivity index is 1.95. The van der Waals surface area contributed by atoms with Crippen molar-refractivity contribution in [2.45, 2.75) is 43.8 Å². The van der Waals surface area contributed by atoms with E-state index in [9.17, 15) is 4.79 Å². The van der Waals surface area contributed by atoms with Gasteiger partial charge in [0.15, 0.2) is 0 Å². The number of ether oxygens (including phenoxy) is 1. The number of aromatic nitrogens is 6. The Morgan fingerprint density at radius 2 is 2.33 bits per heavy atom. The predicted octanol–water partition coefficient (Wildman–Crippen LogP) is 1.31. The van der Waals surface area contributed by atoms with Crippen LogP contribution in [0.3, 0.4) is 0 Å². The van der Waals surface area contributed by atoms with Crippen LogP contribution >= 0.6 is 11.8 Å². The summed E-state index contributed by atoms with van der Waals surface area (Å²) in [7, 11) is 1.33. The number of esters is 1. The number of thioether (sulfide) groups is 1. The van der Waals surface area contributed by atoms with E-state index in [1.165, 1.54) is 23.6 Å². The molecule has 2 rings (SSSR count). The molecule has 0 bridgehead atoms. The second-order valence-electron chi connectivity index (χ2n) is 4.53. The molecule has 9 heteroatoms. The number of hydrogen-bond acceptors (Lipinski definition) is 7. The van der Waals surface area contributed by atoms with Crippen molar-refractivity contribution >= 4 is 17.7 Å². The van der Waals surface area contributed by atoms with E-state index in [-0.39, 0.29) is 12.5 Å². The lowest BCUT2D eigenvalue weighted by Gasteiger charge is -2.08. The zero-order valence-corrected chi connectivity index (χ0v) is 13.1. The minimum Gasteiger partial charge on any atom is -0.468 e. The number of nitrogens with zero attached hydrogens (tertiary/aromatic N) is 6. The quantitative estimate of drug-likeness (QED) is 0.562. The first-order valence-corrected chi connectivity index (χ1v) is 7.62. The first-order valence-electron chi connectivity index (χ1n) is 6.63.